The van der Waals surface area contributed by atoms with Crippen molar-refractivity contribution in [3.05, 3.63) is 29.3 Å². The maximum atomic E-state index is 13.1. The van der Waals surface area contributed by atoms with Gasteiger partial charge in [0.2, 0.25) is 5.91 Å². The van der Waals surface area contributed by atoms with Crippen molar-refractivity contribution in [1.29, 1.82) is 0 Å². The molecule has 1 unspecified atom stereocenters. The van der Waals surface area contributed by atoms with E-state index < -0.39 is 23.4 Å². The molecule has 0 saturated heterocycles. The lowest BCUT2D eigenvalue weighted by Crippen LogP contribution is -2.44. The second-order valence-electron chi connectivity index (χ2n) is 4.67. The van der Waals surface area contributed by atoms with E-state index >= 15 is 0 Å². The average Bonchev–Trinajstić information content (AvgIpc) is 2.31. The van der Waals surface area contributed by atoms with E-state index in [-0.39, 0.29) is 18.5 Å². The molecule has 0 aliphatic heterocycles. The van der Waals surface area contributed by atoms with Gasteiger partial charge in [-0.3, -0.25) is 4.79 Å². The Bertz CT molecular complexity index is 441. The molecule has 0 radical (unpaired) electrons. The van der Waals surface area contributed by atoms with Crippen molar-refractivity contribution in [3.63, 3.8) is 0 Å². The SMILES string of the molecule is CC(C)NC(=O)C(C)NCc1cc(F)c(O)c(F)c1. The lowest BCUT2D eigenvalue weighted by Gasteiger charge is -2.16. The van der Waals surface area contributed by atoms with Crippen LogP contribution >= 0.6 is 0 Å². The number of carbonyl (C=O) groups is 1. The third kappa shape index (κ3) is 4.48. The van der Waals surface area contributed by atoms with E-state index in [0.29, 0.717) is 5.56 Å². The van der Waals surface area contributed by atoms with Gasteiger partial charge in [0.15, 0.2) is 17.4 Å². The number of amides is 1. The van der Waals surface area contributed by atoms with Crippen LogP contribution in [-0.2, 0) is 11.3 Å². The van der Waals surface area contributed by atoms with Crippen molar-refractivity contribution in [2.45, 2.75) is 39.4 Å². The second kappa shape index (κ2) is 6.47. The van der Waals surface area contributed by atoms with Crippen LogP contribution in [0.3, 0.4) is 0 Å². The summed E-state index contributed by atoms with van der Waals surface area (Å²) in [7, 11) is 0. The summed E-state index contributed by atoms with van der Waals surface area (Å²) in [6.07, 6.45) is 0. The first-order valence-corrected chi connectivity index (χ1v) is 6.02. The molecule has 0 spiro atoms. The van der Waals surface area contributed by atoms with Crippen LogP contribution in [0.15, 0.2) is 12.1 Å². The first kappa shape index (κ1) is 15.4. The lowest BCUT2D eigenvalue weighted by molar-refractivity contribution is -0.123. The molecule has 0 saturated carbocycles. The van der Waals surface area contributed by atoms with Gasteiger partial charge in [-0.25, -0.2) is 8.78 Å². The van der Waals surface area contributed by atoms with Gasteiger partial charge in [-0.05, 0) is 38.5 Å². The van der Waals surface area contributed by atoms with E-state index in [1.807, 2.05) is 13.8 Å². The Kier molecular flexibility index (Phi) is 5.23. The summed E-state index contributed by atoms with van der Waals surface area (Å²) < 4.78 is 26.2. The fraction of sp³-hybridized carbons (Fsp3) is 0.462. The Morgan fingerprint density at radius 1 is 1.26 bits per heavy atom. The number of phenolic OH excluding ortho intramolecular Hbond substituents is 1. The van der Waals surface area contributed by atoms with Crippen LogP contribution in [0.5, 0.6) is 5.75 Å². The third-order valence-electron chi connectivity index (χ3n) is 2.51. The highest BCUT2D eigenvalue weighted by molar-refractivity contribution is 5.81. The lowest BCUT2D eigenvalue weighted by atomic mass is 10.2. The van der Waals surface area contributed by atoms with E-state index in [1.165, 1.54) is 0 Å². The van der Waals surface area contributed by atoms with Gasteiger partial charge in [0.05, 0.1) is 6.04 Å². The zero-order chi connectivity index (χ0) is 14.6. The molecule has 1 aromatic rings. The smallest absolute Gasteiger partial charge is 0.237 e. The van der Waals surface area contributed by atoms with Crippen LogP contribution in [0.4, 0.5) is 8.78 Å². The molecular formula is C13H18F2N2O2. The van der Waals surface area contributed by atoms with Crippen molar-refractivity contribution < 1.29 is 18.7 Å². The number of benzene rings is 1. The van der Waals surface area contributed by atoms with E-state index in [1.54, 1.807) is 6.92 Å². The summed E-state index contributed by atoms with van der Waals surface area (Å²) >= 11 is 0. The number of carbonyl (C=O) groups excluding carboxylic acids is 1. The van der Waals surface area contributed by atoms with E-state index in [2.05, 4.69) is 10.6 Å². The molecule has 1 atom stereocenters. The normalized spacial score (nSPS) is 12.5. The van der Waals surface area contributed by atoms with Crippen LogP contribution in [0.25, 0.3) is 0 Å². The number of phenols is 1. The number of rotatable bonds is 5. The highest BCUT2D eigenvalue weighted by Gasteiger charge is 2.14. The molecule has 6 heteroatoms. The van der Waals surface area contributed by atoms with Crippen molar-refractivity contribution in [2.24, 2.45) is 0 Å². The Labute approximate surface area is 110 Å². The van der Waals surface area contributed by atoms with Crippen molar-refractivity contribution in [2.75, 3.05) is 0 Å². The van der Waals surface area contributed by atoms with Crippen LogP contribution < -0.4 is 10.6 Å². The summed E-state index contributed by atoms with van der Waals surface area (Å²) in [4.78, 5) is 11.6. The largest absolute Gasteiger partial charge is 0.503 e. The van der Waals surface area contributed by atoms with Crippen molar-refractivity contribution in [1.82, 2.24) is 10.6 Å². The summed E-state index contributed by atoms with van der Waals surface area (Å²) in [5.41, 5.74) is 0.317. The molecule has 106 valence electrons. The zero-order valence-corrected chi connectivity index (χ0v) is 11.1. The Hall–Kier alpha value is -1.69. The molecule has 0 heterocycles. The minimum absolute atomic E-state index is 0.0281. The van der Waals surface area contributed by atoms with Gasteiger partial charge in [0, 0.05) is 12.6 Å². The summed E-state index contributed by atoms with van der Waals surface area (Å²) in [6, 6.07) is 1.60. The Morgan fingerprint density at radius 3 is 2.26 bits per heavy atom. The van der Waals surface area contributed by atoms with Crippen molar-refractivity contribution >= 4 is 5.91 Å². The molecule has 0 fully saturated rings. The molecule has 0 bridgehead atoms. The molecule has 4 nitrogen and oxygen atoms in total. The molecule has 1 rings (SSSR count). The van der Waals surface area contributed by atoms with Gasteiger partial charge in [-0.15, -0.1) is 0 Å². The highest BCUT2D eigenvalue weighted by atomic mass is 19.1. The monoisotopic (exact) mass is 272 g/mol. The average molecular weight is 272 g/mol. The molecule has 0 aliphatic rings. The van der Waals surface area contributed by atoms with Gasteiger partial charge in [-0.2, -0.15) is 0 Å². The topological polar surface area (TPSA) is 61.4 Å². The number of halogens is 2. The Morgan fingerprint density at radius 2 is 1.79 bits per heavy atom. The van der Waals surface area contributed by atoms with Gasteiger partial charge in [0.25, 0.3) is 0 Å². The van der Waals surface area contributed by atoms with Crippen LogP contribution in [0.1, 0.15) is 26.3 Å². The van der Waals surface area contributed by atoms with Gasteiger partial charge in [0.1, 0.15) is 0 Å². The number of nitrogens with one attached hydrogen (secondary N) is 2. The molecular weight excluding hydrogens is 254 g/mol. The van der Waals surface area contributed by atoms with Crippen LogP contribution in [0, 0.1) is 11.6 Å². The van der Waals surface area contributed by atoms with E-state index in [4.69, 9.17) is 5.11 Å². The maximum Gasteiger partial charge on any atom is 0.237 e. The molecule has 0 aromatic heterocycles. The summed E-state index contributed by atoms with van der Waals surface area (Å²) in [5.74, 6) is -3.21. The summed E-state index contributed by atoms with van der Waals surface area (Å²) in [6.45, 7) is 5.47. The van der Waals surface area contributed by atoms with Crippen LogP contribution in [0.2, 0.25) is 0 Å². The Balaban J connectivity index is 2.60. The molecule has 1 amide bonds. The minimum Gasteiger partial charge on any atom is -0.503 e. The minimum atomic E-state index is -1.02. The zero-order valence-electron chi connectivity index (χ0n) is 11.1. The van der Waals surface area contributed by atoms with Gasteiger partial charge >= 0.3 is 0 Å². The van der Waals surface area contributed by atoms with Crippen molar-refractivity contribution in [3.8, 4) is 5.75 Å². The number of aromatic hydroxyl groups is 1. The van der Waals surface area contributed by atoms with Gasteiger partial charge in [-0.1, -0.05) is 0 Å². The third-order valence-corrected chi connectivity index (χ3v) is 2.51. The van der Waals surface area contributed by atoms with Crippen LogP contribution in [-0.4, -0.2) is 23.1 Å². The quantitative estimate of drug-likeness (QED) is 0.764. The summed E-state index contributed by atoms with van der Waals surface area (Å²) in [5, 5.41) is 14.5. The predicted molar refractivity (Wildman–Crippen MR) is 67.6 cm³/mol. The maximum absolute atomic E-state index is 13.1. The molecule has 1 aromatic carbocycles. The fourth-order valence-corrected chi connectivity index (χ4v) is 1.49. The predicted octanol–water partition coefficient (Wildman–Crippen LogP) is 1.67. The molecule has 3 N–H and O–H groups in total. The number of hydrogen-bond acceptors (Lipinski definition) is 3. The highest BCUT2D eigenvalue weighted by Crippen LogP contribution is 2.21. The first-order valence-electron chi connectivity index (χ1n) is 6.02. The second-order valence-corrected chi connectivity index (χ2v) is 4.67. The van der Waals surface area contributed by atoms with E-state index in [0.717, 1.165) is 12.1 Å². The van der Waals surface area contributed by atoms with E-state index in [9.17, 15) is 13.6 Å². The number of hydrogen-bond donors (Lipinski definition) is 3. The molecule has 19 heavy (non-hydrogen) atoms. The molecule has 0 aliphatic carbocycles. The first-order chi connectivity index (χ1) is 8.81. The van der Waals surface area contributed by atoms with Gasteiger partial charge < -0.3 is 15.7 Å². The fourth-order valence-electron chi connectivity index (χ4n) is 1.49. The standard InChI is InChI=1S/C13H18F2N2O2/c1-7(2)17-13(19)8(3)16-6-9-4-10(14)12(18)11(15)5-9/h4-5,7-8,16,18H,6H2,1-3H3,(H,17,19).